The van der Waals surface area contributed by atoms with Gasteiger partial charge in [-0.05, 0) is 47.9 Å². The zero-order valence-corrected chi connectivity index (χ0v) is 16.7. The molecule has 0 bridgehead atoms. The summed E-state index contributed by atoms with van der Waals surface area (Å²) in [5.74, 6) is -1.69. The molecule has 0 aliphatic rings. The van der Waals surface area contributed by atoms with Crippen LogP contribution in [0.25, 0.3) is 11.1 Å². The highest BCUT2D eigenvalue weighted by Crippen LogP contribution is 2.27. The first-order valence-electron chi connectivity index (χ1n) is 9.51. The van der Waals surface area contributed by atoms with Crippen molar-refractivity contribution in [3.8, 4) is 11.1 Å². The maximum atomic E-state index is 14.8. The molecule has 1 unspecified atom stereocenters. The number of hydrogen-bond donors (Lipinski definition) is 2. The highest BCUT2D eigenvalue weighted by Gasteiger charge is 2.20. The highest BCUT2D eigenvalue weighted by atomic mass is 19.1. The van der Waals surface area contributed by atoms with Crippen molar-refractivity contribution in [2.45, 2.75) is 19.4 Å². The van der Waals surface area contributed by atoms with E-state index in [1.807, 2.05) is 30.3 Å². The van der Waals surface area contributed by atoms with Crippen molar-refractivity contribution in [3.05, 3.63) is 95.1 Å². The van der Waals surface area contributed by atoms with E-state index in [2.05, 4.69) is 10.6 Å². The normalized spacial score (nSPS) is 11.6. The molecule has 4 nitrogen and oxygen atoms in total. The van der Waals surface area contributed by atoms with Gasteiger partial charge in [0.05, 0.1) is 12.5 Å². The molecule has 2 N–H and O–H groups in total. The second kappa shape index (κ2) is 9.31. The Hall–Kier alpha value is -3.54. The number of rotatable bonds is 6. The summed E-state index contributed by atoms with van der Waals surface area (Å²) in [6.07, 6.45) is 0.0571. The van der Waals surface area contributed by atoms with Crippen LogP contribution < -0.4 is 10.6 Å². The Balaban J connectivity index is 1.85. The second-order valence-electron chi connectivity index (χ2n) is 6.97. The molecule has 0 aliphatic carbocycles. The summed E-state index contributed by atoms with van der Waals surface area (Å²) in [6.45, 7) is 1.70. The monoisotopic (exact) mass is 408 g/mol. The van der Waals surface area contributed by atoms with Crippen molar-refractivity contribution in [2.75, 3.05) is 7.05 Å². The minimum atomic E-state index is -0.583. The van der Waals surface area contributed by atoms with Gasteiger partial charge < -0.3 is 10.6 Å². The lowest BCUT2D eigenvalue weighted by Gasteiger charge is -2.19. The first kappa shape index (κ1) is 21.2. The van der Waals surface area contributed by atoms with Gasteiger partial charge in [0.25, 0.3) is 5.91 Å². The highest BCUT2D eigenvalue weighted by molar-refractivity contribution is 5.95. The molecule has 2 amide bonds. The summed E-state index contributed by atoms with van der Waals surface area (Å²) in [5.41, 5.74) is 2.35. The van der Waals surface area contributed by atoms with Gasteiger partial charge >= 0.3 is 0 Å². The van der Waals surface area contributed by atoms with Gasteiger partial charge in [-0.15, -0.1) is 0 Å². The fourth-order valence-electron chi connectivity index (χ4n) is 3.27. The third-order valence-electron chi connectivity index (χ3n) is 4.89. The fourth-order valence-corrected chi connectivity index (χ4v) is 3.27. The Kier molecular flexibility index (Phi) is 6.57. The quantitative estimate of drug-likeness (QED) is 0.629. The van der Waals surface area contributed by atoms with Gasteiger partial charge in [0.15, 0.2) is 0 Å². The number of hydrogen-bond acceptors (Lipinski definition) is 2. The molecule has 154 valence electrons. The first-order chi connectivity index (χ1) is 14.4. The average Bonchev–Trinajstić information content (AvgIpc) is 2.74. The lowest BCUT2D eigenvalue weighted by atomic mass is 9.98. The summed E-state index contributed by atoms with van der Waals surface area (Å²) in [6, 6.07) is 16.8. The maximum absolute atomic E-state index is 14.8. The van der Waals surface area contributed by atoms with Crippen molar-refractivity contribution >= 4 is 11.8 Å². The number of aryl methyl sites for hydroxylation is 1. The van der Waals surface area contributed by atoms with E-state index in [1.165, 1.54) is 37.4 Å². The number of carbonyl (C=O) groups excluding carboxylic acids is 2. The first-order valence-corrected chi connectivity index (χ1v) is 9.51. The molecule has 0 aliphatic heterocycles. The van der Waals surface area contributed by atoms with Crippen molar-refractivity contribution in [1.82, 2.24) is 10.6 Å². The van der Waals surface area contributed by atoms with Crippen LogP contribution in [0.4, 0.5) is 8.78 Å². The topological polar surface area (TPSA) is 58.2 Å². The van der Waals surface area contributed by atoms with Gasteiger partial charge in [0, 0.05) is 18.2 Å². The number of carbonyl (C=O) groups is 2. The van der Waals surface area contributed by atoms with E-state index in [4.69, 9.17) is 0 Å². The van der Waals surface area contributed by atoms with Gasteiger partial charge in [-0.3, -0.25) is 9.59 Å². The third-order valence-corrected chi connectivity index (χ3v) is 4.89. The average molecular weight is 408 g/mol. The molecular weight excluding hydrogens is 386 g/mol. The number of halogens is 2. The Morgan fingerprint density at radius 1 is 0.933 bits per heavy atom. The molecule has 0 fully saturated rings. The summed E-state index contributed by atoms with van der Waals surface area (Å²) in [7, 11) is 1.53. The molecule has 3 aromatic carbocycles. The van der Waals surface area contributed by atoms with Crippen LogP contribution in [0.5, 0.6) is 0 Å². The van der Waals surface area contributed by atoms with Crippen molar-refractivity contribution in [2.24, 2.45) is 0 Å². The summed E-state index contributed by atoms with van der Waals surface area (Å²) in [4.78, 5) is 24.6. The van der Waals surface area contributed by atoms with Crippen molar-refractivity contribution < 1.29 is 18.4 Å². The Labute approximate surface area is 173 Å². The van der Waals surface area contributed by atoms with Crippen LogP contribution in [-0.2, 0) is 4.79 Å². The molecule has 0 heterocycles. The van der Waals surface area contributed by atoms with Crippen LogP contribution in [0.15, 0.2) is 66.7 Å². The summed E-state index contributed by atoms with van der Waals surface area (Å²) >= 11 is 0. The largest absolute Gasteiger partial charge is 0.359 e. The number of amides is 2. The van der Waals surface area contributed by atoms with Gasteiger partial charge in [0.2, 0.25) is 5.91 Å². The lowest BCUT2D eigenvalue weighted by molar-refractivity contribution is -0.121. The minimum Gasteiger partial charge on any atom is -0.359 e. The molecule has 0 saturated heterocycles. The summed E-state index contributed by atoms with van der Waals surface area (Å²) < 4.78 is 28.1. The van der Waals surface area contributed by atoms with Crippen LogP contribution in [0.3, 0.4) is 0 Å². The number of benzene rings is 3. The minimum absolute atomic E-state index is 0.0571. The molecule has 0 saturated carbocycles. The molecule has 3 aromatic rings. The van der Waals surface area contributed by atoms with Crippen LogP contribution in [0.2, 0.25) is 0 Å². The third kappa shape index (κ3) is 4.89. The molecule has 30 heavy (non-hydrogen) atoms. The molecule has 0 spiro atoms. The smallest absolute Gasteiger partial charge is 0.251 e. The zero-order valence-electron chi connectivity index (χ0n) is 16.7. The van der Waals surface area contributed by atoms with E-state index in [0.717, 1.165) is 11.6 Å². The molecule has 6 heteroatoms. The van der Waals surface area contributed by atoms with E-state index in [9.17, 15) is 18.4 Å². The van der Waals surface area contributed by atoms with Crippen molar-refractivity contribution in [3.63, 3.8) is 0 Å². The predicted octanol–water partition coefficient (Wildman–Crippen LogP) is 4.55. The fraction of sp³-hybridized carbons (Fsp3) is 0.167. The van der Waals surface area contributed by atoms with Crippen LogP contribution in [0.1, 0.15) is 33.9 Å². The van der Waals surface area contributed by atoms with E-state index in [1.54, 1.807) is 6.92 Å². The SMILES string of the molecule is CNC(=O)CC(NC(=O)c1ccc(-c2ccc(F)cc2C)c(F)c1)c1ccccc1. The summed E-state index contributed by atoms with van der Waals surface area (Å²) in [5, 5.41) is 5.35. The van der Waals surface area contributed by atoms with E-state index in [0.29, 0.717) is 11.1 Å². The standard InChI is InChI=1S/C24H22F2N2O2/c1-15-12-18(25)9-11-19(15)20-10-8-17(13-21(20)26)24(30)28-22(14-23(29)27-2)16-6-4-3-5-7-16/h3-13,22H,14H2,1-2H3,(H,27,29)(H,28,30). The molecule has 0 aromatic heterocycles. The van der Waals surface area contributed by atoms with Gasteiger partial charge in [-0.2, -0.15) is 0 Å². The Morgan fingerprint density at radius 2 is 1.63 bits per heavy atom. The van der Waals surface area contributed by atoms with Crippen molar-refractivity contribution in [1.29, 1.82) is 0 Å². The van der Waals surface area contributed by atoms with Crippen LogP contribution >= 0.6 is 0 Å². The van der Waals surface area contributed by atoms with E-state index >= 15 is 0 Å². The van der Waals surface area contributed by atoms with Gasteiger partial charge in [-0.1, -0.05) is 42.5 Å². The maximum Gasteiger partial charge on any atom is 0.251 e. The Morgan fingerprint density at radius 3 is 2.27 bits per heavy atom. The molecule has 3 rings (SSSR count). The molecular formula is C24H22F2N2O2. The predicted molar refractivity (Wildman–Crippen MR) is 112 cm³/mol. The second-order valence-corrected chi connectivity index (χ2v) is 6.97. The van der Waals surface area contributed by atoms with Gasteiger partial charge in [0.1, 0.15) is 11.6 Å². The lowest BCUT2D eigenvalue weighted by Crippen LogP contribution is -2.32. The molecule has 0 radical (unpaired) electrons. The molecule has 1 atom stereocenters. The van der Waals surface area contributed by atoms with Crippen LogP contribution in [0, 0.1) is 18.6 Å². The Bertz CT molecular complexity index is 1070. The van der Waals surface area contributed by atoms with E-state index < -0.39 is 23.6 Å². The van der Waals surface area contributed by atoms with Gasteiger partial charge in [-0.25, -0.2) is 8.78 Å². The zero-order chi connectivity index (χ0) is 21.7. The van der Waals surface area contributed by atoms with Crippen LogP contribution in [-0.4, -0.2) is 18.9 Å². The number of nitrogens with one attached hydrogen (secondary N) is 2. The van der Waals surface area contributed by atoms with E-state index in [-0.39, 0.29) is 23.5 Å².